The molecule has 0 spiro atoms. The normalized spacial score (nSPS) is 9.80. The zero-order valence-electron chi connectivity index (χ0n) is 5.42. The minimum Gasteiger partial charge on any atom is -0.325 e. The predicted octanol–water partition coefficient (Wildman–Crippen LogP) is 0.870. The van der Waals surface area contributed by atoms with Gasteiger partial charge in [-0.15, -0.1) is 0 Å². The van der Waals surface area contributed by atoms with Crippen LogP contribution in [0, 0.1) is 0 Å². The molecule has 0 saturated heterocycles. The van der Waals surface area contributed by atoms with Gasteiger partial charge in [-0.1, -0.05) is 22.6 Å². The van der Waals surface area contributed by atoms with E-state index in [1.54, 1.807) is 0 Å². The number of nitrogens with two attached hydrogens (primary N) is 1. The van der Waals surface area contributed by atoms with Gasteiger partial charge in [-0.3, -0.25) is 0 Å². The summed E-state index contributed by atoms with van der Waals surface area (Å²) in [6, 6.07) is 0. The second kappa shape index (κ2) is 3.82. The van der Waals surface area contributed by atoms with Crippen molar-refractivity contribution in [2.24, 2.45) is 5.73 Å². The molecule has 0 aliphatic carbocycles. The summed E-state index contributed by atoms with van der Waals surface area (Å²) in [7, 11) is 0. The maximum Gasteiger partial charge on any atom is 0.115 e. The lowest BCUT2D eigenvalue weighted by Gasteiger charge is -1.99. The van der Waals surface area contributed by atoms with Crippen LogP contribution in [0.2, 0.25) is 0 Å². The van der Waals surface area contributed by atoms with Crippen LogP contribution in [0.5, 0.6) is 0 Å². The number of alkyl halides is 1. The zero-order valence-corrected chi connectivity index (χ0v) is 7.58. The van der Waals surface area contributed by atoms with Gasteiger partial charge in [0.05, 0.1) is 5.69 Å². The van der Waals surface area contributed by atoms with Crippen LogP contribution in [0.15, 0.2) is 12.5 Å². The van der Waals surface area contributed by atoms with Crippen molar-refractivity contribution in [1.29, 1.82) is 0 Å². The van der Waals surface area contributed by atoms with Crippen LogP contribution in [0.3, 0.4) is 0 Å². The molecule has 0 amide bonds. The molecule has 0 bridgehead atoms. The van der Waals surface area contributed by atoms with Crippen LogP contribution in [-0.2, 0) is 11.0 Å². The van der Waals surface area contributed by atoms with E-state index in [9.17, 15) is 0 Å². The Hall–Kier alpha value is -0.230. The van der Waals surface area contributed by atoms with Crippen molar-refractivity contribution in [3.63, 3.8) is 0 Å². The Kier molecular flexibility index (Phi) is 3.01. The smallest absolute Gasteiger partial charge is 0.115 e. The summed E-state index contributed by atoms with van der Waals surface area (Å²) >= 11 is 2.27. The van der Waals surface area contributed by atoms with E-state index in [-0.39, 0.29) is 0 Å². The van der Waals surface area contributed by atoms with Crippen LogP contribution >= 0.6 is 22.6 Å². The summed E-state index contributed by atoms with van der Waals surface area (Å²) in [6.07, 6.45) is 3.33. The van der Waals surface area contributed by atoms with Crippen molar-refractivity contribution in [2.45, 2.75) is 11.0 Å². The Morgan fingerprint density at radius 2 is 2.40 bits per heavy atom. The first-order chi connectivity index (χ1) is 4.88. The van der Waals surface area contributed by atoms with Gasteiger partial charge in [0.15, 0.2) is 0 Å². The average molecular weight is 249 g/mol. The Morgan fingerprint density at radius 1 is 1.60 bits per heavy atom. The van der Waals surface area contributed by atoms with E-state index in [4.69, 9.17) is 5.73 Å². The molecule has 1 aromatic rings. The predicted molar refractivity (Wildman–Crippen MR) is 47.6 cm³/mol. The molecule has 3 nitrogen and oxygen atoms in total. The maximum absolute atomic E-state index is 5.43. The van der Waals surface area contributed by atoms with Gasteiger partial charge in [0.2, 0.25) is 0 Å². The number of halogens is 1. The van der Waals surface area contributed by atoms with Crippen LogP contribution < -0.4 is 5.73 Å². The Bertz CT molecular complexity index is 191. The molecule has 0 saturated carbocycles. The molecule has 1 aromatic heterocycles. The third-order valence-electron chi connectivity index (χ3n) is 1.22. The lowest BCUT2D eigenvalue weighted by Crippen LogP contribution is -2.03. The summed E-state index contributed by atoms with van der Waals surface area (Å²) < 4.78 is 0.922. The van der Waals surface area contributed by atoms with Crippen LogP contribution in [0.25, 0.3) is 0 Å². The van der Waals surface area contributed by atoms with E-state index in [2.05, 4.69) is 32.6 Å². The second-order valence-corrected chi connectivity index (χ2v) is 2.60. The number of nitrogens with zero attached hydrogens (tertiary/aromatic N) is 2. The molecule has 1 heterocycles. The molecule has 0 fully saturated rings. The van der Waals surface area contributed by atoms with Gasteiger partial charge in [0.1, 0.15) is 6.33 Å². The molecule has 4 heteroatoms. The van der Waals surface area contributed by atoms with Crippen molar-refractivity contribution >= 4 is 22.6 Å². The topological polar surface area (TPSA) is 51.8 Å². The zero-order chi connectivity index (χ0) is 7.40. The fourth-order valence-corrected chi connectivity index (χ4v) is 1.32. The molecule has 0 aromatic carbocycles. The summed E-state index contributed by atoms with van der Waals surface area (Å²) in [5.41, 5.74) is 7.51. The maximum atomic E-state index is 5.43. The van der Waals surface area contributed by atoms with E-state index in [0.717, 1.165) is 15.7 Å². The third-order valence-corrected chi connectivity index (χ3v) is 2.04. The SMILES string of the molecule is NCc1ncncc1CI. The van der Waals surface area contributed by atoms with Crippen LogP contribution in [0.4, 0.5) is 0 Å². The standard InChI is InChI=1S/C6H8IN3/c7-1-5-3-9-4-10-6(5)2-8/h3-4H,1-2,8H2. The lowest BCUT2D eigenvalue weighted by atomic mass is 10.2. The Balaban J connectivity index is 2.96. The van der Waals surface area contributed by atoms with Crippen molar-refractivity contribution in [2.75, 3.05) is 0 Å². The number of hydrogen-bond donors (Lipinski definition) is 1. The molecule has 0 unspecified atom stereocenters. The molecular formula is C6H8IN3. The van der Waals surface area contributed by atoms with E-state index < -0.39 is 0 Å². The number of rotatable bonds is 2. The summed E-state index contributed by atoms with van der Waals surface area (Å²) in [6.45, 7) is 0.501. The molecule has 0 atom stereocenters. The van der Waals surface area contributed by atoms with Crippen LogP contribution in [0.1, 0.15) is 11.3 Å². The Morgan fingerprint density at radius 3 is 2.90 bits per heavy atom. The first-order valence-electron chi connectivity index (χ1n) is 2.92. The summed E-state index contributed by atoms with van der Waals surface area (Å²) in [5, 5.41) is 0. The molecule has 0 aliphatic rings. The van der Waals surface area contributed by atoms with Gasteiger partial charge in [-0.25, -0.2) is 9.97 Å². The van der Waals surface area contributed by atoms with Crippen molar-refractivity contribution in [3.05, 3.63) is 23.8 Å². The molecule has 0 aliphatic heterocycles. The fraction of sp³-hybridized carbons (Fsp3) is 0.333. The minimum absolute atomic E-state index is 0.501. The molecule has 10 heavy (non-hydrogen) atoms. The summed E-state index contributed by atoms with van der Waals surface area (Å²) in [4.78, 5) is 7.92. The highest BCUT2D eigenvalue weighted by atomic mass is 127. The van der Waals surface area contributed by atoms with Crippen molar-refractivity contribution in [1.82, 2.24) is 9.97 Å². The highest BCUT2D eigenvalue weighted by Crippen LogP contribution is 2.06. The third kappa shape index (κ3) is 1.63. The highest BCUT2D eigenvalue weighted by molar-refractivity contribution is 14.1. The van der Waals surface area contributed by atoms with Gasteiger partial charge in [0, 0.05) is 22.7 Å². The molecule has 1 rings (SSSR count). The van der Waals surface area contributed by atoms with Crippen molar-refractivity contribution in [3.8, 4) is 0 Å². The first kappa shape index (κ1) is 7.87. The van der Waals surface area contributed by atoms with Crippen LogP contribution in [-0.4, -0.2) is 9.97 Å². The van der Waals surface area contributed by atoms with E-state index >= 15 is 0 Å². The summed E-state index contributed by atoms with van der Waals surface area (Å²) in [5.74, 6) is 0. The van der Waals surface area contributed by atoms with Gasteiger partial charge in [0.25, 0.3) is 0 Å². The highest BCUT2D eigenvalue weighted by Gasteiger charge is 1.97. The minimum atomic E-state index is 0.501. The molecule has 0 radical (unpaired) electrons. The molecule has 54 valence electrons. The molecular weight excluding hydrogens is 241 g/mol. The lowest BCUT2D eigenvalue weighted by molar-refractivity contribution is 0.938. The van der Waals surface area contributed by atoms with E-state index in [0.29, 0.717) is 6.54 Å². The van der Waals surface area contributed by atoms with Gasteiger partial charge in [-0.05, 0) is 0 Å². The Labute approximate surface area is 73.2 Å². The first-order valence-corrected chi connectivity index (χ1v) is 4.45. The molecule has 2 N–H and O–H groups in total. The van der Waals surface area contributed by atoms with Gasteiger partial charge in [-0.2, -0.15) is 0 Å². The second-order valence-electron chi connectivity index (χ2n) is 1.83. The van der Waals surface area contributed by atoms with Crippen molar-refractivity contribution < 1.29 is 0 Å². The van der Waals surface area contributed by atoms with E-state index in [1.165, 1.54) is 6.33 Å². The largest absolute Gasteiger partial charge is 0.325 e. The quantitative estimate of drug-likeness (QED) is 0.625. The number of aromatic nitrogens is 2. The van der Waals surface area contributed by atoms with E-state index in [1.807, 2.05) is 6.20 Å². The fourth-order valence-electron chi connectivity index (χ4n) is 0.679. The van der Waals surface area contributed by atoms with Gasteiger partial charge < -0.3 is 5.73 Å². The average Bonchev–Trinajstić information content (AvgIpc) is 2.04. The van der Waals surface area contributed by atoms with Gasteiger partial charge >= 0.3 is 0 Å². The number of hydrogen-bond acceptors (Lipinski definition) is 3. The monoisotopic (exact) mass is 249 g/mol.